The second-order valence-electron chi connectivity index (χ2n) is 7.98. The van der Waals surface area contributed by atoms with Crippen LogP contribution in [0.2, 0.25) is 0 Å². The predicted molar refractivity (Wildman–Crippen MR) is 125 cm³/mol. The van der Waals surface area contributed by atoms with Crippen LogP contribution in [-0.4, -0.2) is 30.5 Å². The average molecular weight is 590 g/mol. The van der Waals surface area contributed by atoms with Gasteiger partial charge >= 0.3 is 12.1 Å². The zero-order chi connectivity index (χ0) is 28.7. The number of nitrogens with one attached hydrogen (secondary N) is 2. The van der Waals surface area contributed by atoms with E-state index in [0.29, 0.717) is 11.3 Å². The van der Waals surface area contributed by atoms with Gasteiger partial charge in [-0.2, -0.15) is 17.9 Å². The van der Waals surface area contributed by atoms with Gasteiger partial charge in [0, 0.05) is 23.6 Å². The number of aromatic nitrogens is 1. The molecule has 204 valence electrons. The number of fused-ring (bicyclic) bond motifs is 1. The first-order chi connectivity index (χ1) is 18.2. The van der Waals surface area contributed by atoms with Gasteiger partial charge in [0.1, 0.15) is 10.3 Å². The van der Waals surface area contributed by atoms with Crippen LogP contribution in [0, 0.1) is 35.1 Å². The summed E-state index contributed by atoms with van der Waals surface area (Å²) in [6.45, 7) is 0. The summed E-state index contributed by atoms with van der Waals surface area (Å²) in [5.74, 6) is -4.21. The lowest BCUT2D eigenvalue weighted by molar-refractivity contribution is -0.139. The first kappa shape index (κ1) is 28.1. The quantitative estimate of drug-likeness (QED) is 0.125. The van der Waals surface area contributed by atoms with Gasteiger partial charge in [-0.15, -0.1) is 11.3 Å². The maximum absolute atomic E-state index is 14.3. The van der Waals surface area contributed by atoms with Gasteiger partial charge in [0.25, 0.3) is 10.0 Å². The Hall–Kier alpha value is -3.87. The van der Waals surface area contributed by atoms with Crippen molar-refractivity contribution in [3.8, 4) is 11.8 Å². The first-order valence-corrected chi connectivity index (χ1v) is 12.8. The molecule has 0 aliphatic heterocycles. The van der Waals surface area contributed by atoms with Crippen LogP contribution < -0.4 is 4.72 Å². The first-order valence-electron chi connectivity index (χ1n) is 10.5. The van der Waals surface area contributed by atoms with Crippen molar-refractivity contribution in [3.63, 3.8) is 0 Å². The molecule has 4 aromatic rings. The monoisotopic (exact) mass is 590 g/mol. The van der Waals surface area contributed by atoms with E-state index in [-0.39, 0.29) is 20.2 Å². The Morgan fingerprint density at radius 1 is 0.974 bits per heavy atom. The highest BCUT2D eigenvalue weighted by Gasteiger charge is 2.31. The number of thiophene rings is 1. The van der Waals surface area contributed by atoms with Gasteiger partial charge in [-0.3, -0.25) is 4.79 Å². The molecule has 0 aliphatic carbocycles. The van der Waals surface area contributed by atoms with E-state index in [1.807, 2.05) is 4.72 Å². The summed E-state index contributed by atoms with van der Waals surface area (Å²) >= 11 is 0.635. The number of carboxylic acids is 1. The second-order valence-corrected chi connectivity index (χ2v) is 11.0. The number of carbonyl (C=O) groups is 1. The Balaban J connectivity index is 1.55. The highest BCUT2D eigenvalue weighted by atomic mass is 32.2. The topological polar surface area (TPSA) is 99.3 Å². The minimum Gasteiger partial charge on any atom is -0.480 e. The van der Waals surface area contributed by atoms with Crippen LogP contribution in [0.3, 0.4) is 0 Å². The molecule has 15 heteroatoms. The molecule has 2 aromatic heterocycles. The number of carboxylic acid groups (broad SMARTS) is 1. The van der Waals surface area contributed by atoms with Crippen LogP contribution in [0.5, 0.6) is 0 Å². The lowest BCUT2D eigenvalue weighted by Crippen LogP contribution is -2.42. The minimum atomic E-state index is -4.52. The fourth-order valence-electron chi connectivity index (χ4n) is 3.51. The standard InChI is InChI=1S/C24H13F7N2O4S2/c25-18-17-12(10-32-22(17)21(28)20(27)19(18)26)9-15(23(34)35)33-39(36,37)16-8-7-14(38-16)6-3-11-1-4-13(5-2-11)24(29,30)31/h1-2,4-5,7-8,10,15,32-33H,9H2,(H,34,35)/t15-/m1/s1. The molecule has 0 bridgehead atoms. The summed E-state index contributed by atoms with van der Waals surface area (Å²) in [4.78, 5) is 14.1. The summed E-state index contributed by atoms with van der Waals surface area (Å²) in [7, 11) is -4.50. The smallest absolute Gasteiger partial charge is 0.416 e. The van der Waals surface area contributed by atoms with E-state index in [2.05, 4.69) is 16.8 Å². The molecule has 2 heterocycles. The second kappa shape index (κ2) is 10.4. The zero-order valence-electron chi connectivity index (χ0n) is 19.0. The number of hydrogen-bond acceptors (Lipinski definition) is 4. The molecule has 0 amide bonds. The molecule has 4 rings (SSSR count). The van der Waals surface area contributed by atoms with Gasteiger partial charge in [0.2, 0.25) is 0 Å². The van der Waals surface area contributed by atoms with Crippen LogP contribution >= 0.6 is 11.3 Å². The number of sulfonamides is 1. The number of hydrogen-bond donors (Lipinski definition) is 3. The Morgan fingerprint density at radius 2 is 1.62 bits per heavy atom. The molecule has 0 radical (unpaired) electrons. The Kier molecular flexibility index (Phi) is 7.48. The fourth-order valence-corrected chi connectivity index (χ4v) is 5.88. The van der Waals surface area contributed by atoms with Crippen LogP contribution in [-0.2, 0) is 27.4 Å². The van der Waals surface area contributed by atoms with Crippen molar-refractivity contribution in [1.29, 1.82) is 0 Å². The molecule has 6 nitrogen and oxygen atoms in total. The molecule has 39 heavy (non-hydrogen) atoms. The van der Waals surface area contributed by atoms with Gasteiger partial charge in [-0.25, -0.2) is 26.0 Å². The molecule has 0 saturated carbocycles. The van der Waals surface area contributed by atoms with Gasteiger partial charge in [-0.05, 0) is 42.0 Å². The third-order valence-electron chi connectivity index (χ3n) is 5.39. The third-order valence-corrected chi connectivity index (χ3v) is 8.35. The minimum absolute atomic E-state index is 0.189. The van der Waals surface area contributed by atoms with Crippen LogP contribution in [0.4, 0.5) is 30.7 Å². The maximum atomic E-state index is 14.3. The van der Waals surface area contributed by atoms with Crippen molar-refractivity contribution in [1.82, 2.24) is 9.71 Å². The number of rotatable bonds is 6. The van der Waals surface area contributed by atoms with Crippen LogP contribution in [0.15, 0.2) is 46.8 Å². The van der Waals surface area contributed by atoms with Gasteiger partial charge < -0.3 is 10.1 Å². The zero-order valence-corrected chi connectivity index (χ0v) is 20.6. The van der Waals surface area contributed by atoms with E-state index in [1.165, 1.54) is 6.07 Å². The average Bonchev–Trinajstić information content (AvgIpc) is 3.52. The van der Waals surface area contributed by atoms with E-state index in [0.717, 1.165) is 36.5 Å². The molecule has 0 fully saturated rings. The van der Waals surface area contributed by atoms with Gasteiger partial charge in [-0.1, -0.05) is 11.8 Å². The number of aromatic amines is 1. The highest BCUT2D eigenvalue weighted by molar-refractivity contribution is 7.91. The van der Waals surface area contributed by atoms with E-state index >= 15 is 0 Å². The Morgan fingerprint density at radius 3 is 2.23 bits per heavy atom. The third kappa shape index (κ3) is 5.77. The number of H-pyrrole nitrogens is 1. The molecule has 2 aromatic carbocycles. The molecule has 0 spiro atoms. The maximum Gasteiger partial charge on any atom is 0.416 e. The van der Waals surface area contributed by atoms with Gasteiger partial charge in [0.15, 0.2) is 23.3 Å². The Labute approximate surface area is 219 Å². The summed E-state index contributed by atoms with van der Waals surface area (Å²) in [6.07, 6.45) is -4.38. The van der Waals surface area contributed by atoms with Crippen LogP contribution in [0.25, 0.3) is 10.9 Å². The van der Waals surface area contributed by atoms with Crippen molar-refractivity contribution >= 4 is 38.2 Å². The van der Waals surface area contributed by atoms with E-state index < -0.39 is 74.4 Å². The van der Waals surface area contributed by atoms with Crippen molar-refractivity contribution in [2.75, 3.05) is 0 Å². The highest BCUT2D eigenvalue weighted by Crippen LogP contribution is 2.31. The van der Waals surface area contributed by atoms with Crippen molar-refractivity contribution in [3.05, 3.63) is 87.4 Å². The van der Waals surface area contributed by atoms with E-state index in [4.69, 9.17) is 0 Å². The van der Waals surface area contributed by atoms with E-state index in [1.54, 1.807) is 0 Å². The predicted octanol–water partition coefficient (Wildman–Crippen LogP) is 5.18. The summed E-state index contributed by atoms with van der Waals surface area (Å²) < 4.78 is 121. The SMILES string of the molecule is O=C(O)[C@@H](Cc1c[nH]c2c(F)c(F)c(F)c(F)c12)NS(=O)(=O)c1ccc(C#Cc2ccc(C(F)(F)F)cc2)s1. The lowest BCUT2D eigenvalue weighted by atomic mass is 10.0. The number of benzene rings is 2. The number of aliphatic carboxylic acids is 1. The van der Waals surface area contributed by atoms with Crippen LogP contribution in [0.1, 0.15) is 21.6 Å². The fraction of sp³-hybridized carbons (Fsp3) is 0.125. The number of halogens is 7. The normalized spacial score (nSPS) is 12.8. The lowest BCUT2D eigenvalue weighted by Gasteiger charge is -2.14. The Bertz CT molecular complexity index is 1750. The molecule has 0 aliphatic rings. The van der Waals surface area contributed by atoms with Crippen molar-refractivity contribution in [2.45, 2.75) is 22.8 Å². The molecular formula is C24H13F7N2O4S2. The summed E-state index contributed by atoms with van der Waals surface area (Å²) in [5.41, 5.74) is -1.73. The molecule has 0 unspecified atom stereocenters. The van der Waals surface area contributed by atoms with E-state index in [9.17, 15) is 49.1 Å². The molecular weight excluding hydrogens is 577 g/mol. The van der Waals surface area contributed by atoms with Crippen molar-refractivity contribution in [2.24, 2.45) is 0 Å². The molecule has 3 N–H and O–H groups in total. The molecule has 1 atom stereocenters. The van der Waals surface area contributed by atoms with Gasteiger partial charge in [0.05, 0.1) is 16.0 Å². The molecule has 0 saturated heterocycles. The largest absolute Gasteiger partial charge is 0.480 e. The summed E-state index contributed by atoms with van der Waals surface area (Å²) in [5, 5.41) is 8.76. The summed E-state index contributed by atoms with van der Waals surface area (Å²) in [6, 6.07) is 4.43. The van der Waals surface area contributed by atoms with Crippen molar-refractivity contribution < 1.29 is 49.1 Å². The number of alkyl halides is 3.